The van der Waals surface area contributed by atoms with Crippen molar-refractivity contribution in [3.8, 4) is 0 Å². The molecule has 0 heterocycles. The molecule has 0 atom stereocenters. The molecule has 0 radical (unpaired) electrons. The predicted molar refractivity (Wildman–Crippen MR) is 79.7 cm³/mol. The maximum absolute atomic E-state index is 13.7. The van der Waals surface area contributed by atoms with Gasteiger partial charge in [-0.1, -0.05) is 34.2 Å². The molecule has 0 unspecified atom stereocenters. The van der Waals surface area contributed by atoms with Gasteiger partial charge in [0, 0.05) is 10.2 Å². The van der Waals surface area contributed by atoms with Crippen molar-refractivity contribution in [1.82, 2.24) is 0 Å². The first kappa shape index (κ1) is 13.0. The zero-order valence-electron chi connectivity index (χ0n) is 9.28. The average Bonchev–Trinajstić information content (AvgIpc) is 2.32. The Morgan fingerprint density at radius 1 is 1.17 bits per heavy atom. The highest BCUT2D eigenvalue weighted by Crippen LogP contribution is 2.24. The van der Waals surface area contributed by atoms with Crippen molar-refractivity contribution in [2.75, 3.05) is 5.32 Å². The van der Waals surface area contributed by atoms with Crippen molar-refractivity contribution in [2.24, 2.45) is 5.73 Å². The van der Waals surface area contributed by atoms with E-state index >= 15 is 0 Å². The molecule has 18 heavy (non-hydrogen) atoms. The lowest BCUT2D eigenvalue weighted by molar-refractivity contribution is 0.626. The van der Waals surface area contributed by atoms with Crippen molar-refractivity contribution in [1.29, 1.82) is 0 Å². The van der Waals surface area contributed by atoms with Crippen LogP contribution in [0.2, 0.25) is 0 Å². The summed E-state index contributed by atoms with van der Waals surface area (Å²) in [4.78, 5) is 0.0349. The second-order valence-electron chi connectivity index (χ2n) is 3.66. The summed E-state index contributed by atoms with van der Waals surface area (Å²) < 4.78 is 14.6. The maximum Gasteiger partial charge on any atom is 0.135 e. The molecule has 3 N–H and O–H groups in total. The summed E-state index contributed by atoms with van der Waals surface area (Å²) in [6.45, 7) is 0. The van der Waals surface area contributed by atoms with Gasteiger partial charge in [-0.2, -0.15) is 0 Å². The molecule has 0 aliphatic carbocycles. The smallest absolute Gasteiger partial charge is 0.135 e. The molecule has 2 nitrogen and oxygen atoms in total. The fourth-order valence-corrected chi connectivity index (χ4v) is 2.04. The third-order valence-corrected chi connectivity index (χ3v) is 3.12. The molecule has 0 aromatic heterocycles. The van der Waals surface area contributed by atoms with Crippen LogP contribution in [0.1, 0.15) is 5.56 Å². The van der Waals surface area contributed by atoms with E-state index in [1.807, 2.05) is 24.3 Å². The Morgan fingerprint density at radius 3 is 2.44 bits per heavy atom. The minimum atomic E-state index is -0.426. The van der Waals surface area contributed by atoms with Gasteiger partial charge in [-0.05, 0) is 36.4 Å². The van der Waals surface area contributed by atoms with Crippen LogP contribution in [0.15, 0.2) is 46.9 Å². The summed E-state index contributed by atoms with van der Waals surface area (Å²) in [5.74, 6) is -0.426. The molecule has 0 amide bonds. The number of hydrogen-bond donors (Lipinski definition) is 2. The largest absolute Gasteiger partial charge is 0.389 e. The zero-order chi connectivity index (χ0) is 13.1. The lowest BCUT2D eigenvalue weighted by Crippen LogP contribution is -2.14. The van der Waals surface area contributed by atoms with Gasteiger partial charge in [0.25, 0.3) is 0 Å². The first-order chi connectivity index (χ1) is 8.58. The third-order valence-electron chi connectivity index (χ3n) is 2.38. The van der Waals surface area contributed by atoms with E-state index in [0.29, 0.717) is 5.69 Å². The summed E-state index contributed by atoms with van der Waals surface area (Å²) in [7, 11) is 0. The Morgan fingerprint density at radius 2 is 1.83 bits per heavy atom. The van der Waals surface area contributed by atoms with Crippen LogP contribution in [0.4, 0.5) is 15.8 Å². The molecule has 5 heteroatoms. The molecule has 0 aliphatic heterocycles. The van der Waals surface area contributed by atoms with E-state index in [2.05, 4.69) is 21.2 Å². The number of nitrogens with two attached hydrogens (primary N) is 1. The van der Waals surface area contributed by atoms with Gasteiger partial charge in [0.05, 0.1) is 11.3 Å². The van der Waals surface area contributed by atoms with Gasteiger partial charge < -0.3 is 11.1 Å². The Hall–Kier alpha value is -1.46. The quantitative estimate of drug-likeness (QED) is 0.839. The van der Waals surface area contributed by atoms with Crippen LogP contribution in [0.3, 0.4) is 0 Å². The van der Waals surface area contributed by atoms with Gasteiger partial charge in [-0.15, -0.1) is 0 Å². The molecule has 2 rings (SSSR count). The summed E-state index contributed by atoms with van der Waals surface area (Å²) in [5.41, 5.74) is 7.16. The molecule has 0 spiro atoms. The van der Waals surface area contributed by atoms with Crippen LogP contribution in [-0.2, 0) is 0 Å². The second-order valence-corrected chi connectivity index (χ2v) is 5.01. The standard InChI is InChI=1S/C13H10BrFN2S/c14-8-4-6-9(7-5-8)17-11-3-1-2-10(15)12(11)13(16)18/h1-7,17H,(H2,16,18). The van der Waals surface area contributed by atoms with Gasteiger partial charge in [0.2, 0.25) is 0 Å². The molecule has 0 fully saturated rings. The molecule has 2 aromatic carbocycles. The molecule has 0 saturated carbocycles. The van der Waals surface area contributed by atoms with E-state index in [4.69, 9.17) is 18.0 Å². The van der Waals surface area contributed by atoms with Gasteiger partial charge >= 0.3 is 0 Å². The Balaban J connectivity index is 2.37. The highest BCUT2D eigenvalue weighted by Gasteiger charge is 2.10. The SMILES string of the molecule is NC(=S)c1c(F)cccc1Nc1ccc(Br)cc1. The first-order valence-corrected chi connectivity index (χ1v) is 6.39. The van der Waals surface area contributed by atoms with Crippen molar-refractivity contribution >= 4 is 44.5 Å². The number of hydrogen-bond acceptors (Lipinski definition) is 2. The van der Waals surface area contributed by atoms with Crippen LogP contribution in [-0.4, -0.2) is 4.99 Å². The van der Waals surface area contributed by atoms with Crippen LogP contribution in [0.5, 0.6) is 0 Å². The molecule has 92 valence electrons. The molecule has 2 aromatic rings. The second kappa shape index (κ2) is 5.46. The van der Waals surface area contributed by atoms with Crippen LogP contribution < -0.4 is 11.1 Å². The highest BCUT2D eigenvalue weighted by atomic mass is 79.9. The Labute approximate surface area is 118 Å². The van der Waals surface area contributed by atoms with E-state index in [-0.39, 0.29) is 10.6 Å². The van der Waals surface area contributed by atoms with Crippen molar-refractivity contribution < 1.29 is 4.39 Å². The lowest BCUT2D eigenvalue weighted by Gasteiger charge is -2.12. The van der Waals surface area contributed by atoms with Crippen LogP contribution >= 0.6 is 28.1 Å². The topological polar surface area (TPSA) is 38.0 Å². The van der Waals surface area contributed by atoms with E-state index < -0.39 is 5.82 Å². The number of rotatable bonds is 3. The highest BCUT2D eigenvalue weighted by molar-refractivity contribution is 9.10. The molecular formula is C13H10BrFN2S. The fourth-order valence-electron chi connectivity index (χ4n) is 1.57. The number of benzene rings is 2. The number of halogens is 2. The van der Waals surface area contributed by atoms with Gasteiger partial charge in [-0.3, -0.25) is 0 Å². The van der Waals surface area contributed by atoms with Crippen molar-refractivity contribution in [3.63, 3.8) is 0 Å². The maximum atomic E-state index is 13.7. The predicted octanol–water partition coefficient (Wildman–Crippen LogP) is 3.97. The fraction of sp³-hybridized carbons (Fsp3) is 0. The van der Waals surface area contributed by atoms with Crippen molar-refractivity contribution in [3.05, 3.63) is 58.3 Å². The lowest BCUT2D eigenvalue weighted by atomic mass is 10.1. The molecule has 0 saturated heterocycles. The van der Waals surface area contributed by atoms with E-state index in [1.165, 1.54) is 6.07 Å². The van der Waals surface area contributed by atoms with Gasteiger partial charge in [0.15, 0.2) is 0 Å². The summed E-state index contributed by atoms with van der Waals surface area (Å²) in [5, 5.41) is 3.09. The van der Waals surface area contributed by atoms with Crippen LogP contribution in [0, 0.1) is 5.82 Å². The Kier molecular flexibility index (Phi) is 3.93. The summed E-state index contributed by atoms with van der Waals surface area (Å²) >= 11 is 8.22. The number of anilines is 2. The van der Waals surface area contributed by atoms with Gasteiger partial charge in [-0.25, -0.2) is 4.39 Å². The van der Waals surface area contributed by atoms with Gasteiger partial charge in [0.1, 0.15) is 10.8 Å². The molecular weight excluding hydrogens is 315 g/mol. The summed E-state index contributed by atoms with van der Waals surface area (Å²) in [6, 6.07) is 12.2. The minimum Gasteiger partial charge on any atom is -0.389 e. The molecule has 0 bridgehead atoms. The number of thiocarbonyl (C=S) groups is 1. The van der Waals surface area contributed by atoms with Crippen LogP contribution in [0.25, 0.3) is 0 Å². The van der Waals surface area contributed by atoms with E-state index in [9.17, 15) is 4.39 Å². The summed E-state index contributed by atoms with van der Waals surface area (Å²) in [6.07, 6.45) is 0. The average molecular weight is 325 g/mol. The normalized spacial score (nSPS) is 10.1. The van der Waals surface area contributed by atoms with E-state index in [1.54, 1.807) is 12.1 Å². The van der Waals surface area contributed by atoms with Crippen molar-refractivity contribution in [2.45, 2.75) is 0 Å². The monoisotopic (exact) mass is 324 g/mol. The van der Waals surface area contributed by atoms with E-state index in [0.717, 1.165) is 10.2 Å². The third kappa shape index (κ3) is 2.86. The number of nitrogens with one attached hydrogen (secondary N) is 1. The first-order valence-electron chi connectivity index (χ1n) is 5.19. The molecule has 0 aliphatic rings. The zero-order valence-corrected chi connectivity index (χ0v) is 11.7. The Bertz CT molecular complexity index is 584. The minimum absolute atomic E-state index is 0.0349.